The fourth-order valence-electron chi connectivity index (χ4n) is 1.69. The van der Waals surface area contributed by atoms with Crippen LogP contribution in [-0.4, -0.2) is 11.0 Å². The van der Waals surface area contributed by atoms with Crippen molar-refractivity contribution in [2.45, 2.75) is 6.42 Å². The third-order valence-electron chi connectivity index (χ3n) is 2.52. The summed E-state index contributed by atoms with van der Waals surface area (Å²) < 4.78 is 6.57. The van der Waals surface area contributed by atoms with Crippen molar-refractivity contribution in [3.63, 3.8) is 0 Å². The fraction of sp³-hybridized carbons (Fsp3) is 0.200. The molecule has 2 aromatic carbocycles. The maximum absolute atomic E-state index is 5.55. The van der Waals surface area contributed by atoms with Crippen molar-refractivity contribution in [2.75, 3.05) is 11.0 Å². The van der Waals surface area contributed by atoms with Crippen LogP contribution < -0.4 is 4.74 Å². The molecule has 0 atom stereocenters. The number of alkyl halides is 1. The van der Waals surface area contributed by atoms with Crippen LogP contribution in [0.5, 0.6) is 5.75 Å². The van der Waals surface area contributed by atoms with Crippen LogP contribution in [-0.2, 0) is 6.42 Å². The predicted molar refractivity (Wildman–Crippen MR) is 80.1 cm³/mol. The molecule has 0 aliphatic carbocycles. The molecule has 17 heavy (non-hydrogen) atoms. The van der Waals surface area contributed by atoms with Crippen LogP contribution >= 0.6 is 22.6 Å². The summed E-state index contributed by atoms with van der Waals surface area (Å²) in [5.41, 5.74) is 2.66. The van der Waals surface area contributed by atoms with Gasteiger partial charge in [-0.3, -0.25) is 0 Å². The second kappa shape index (κ2) is 6.64. The molecule has 88 valence electrons. The molecule has 0 spiro atoms. The lowest BCUT2D eigenvalue weighted by Gasteiger charge is -2.05. The van der Waals surface area contributed by atoms with Crippen molar-refractivity contribution in [1.29, 1.82) is 0 Å². The Bertz CT molecular complexity index is 436. The zero-order chi connectivity index (χ0) is 11.9. The van der Waals surface area contributed by atoms with Crippen molar-refractivity contribution in [2.24, 2.45) is 0 Å². The van der Waals surface area contributed by atoms with Gasteiger partial charge >= 0.3 is 0 Å². The van der Waals surface area contributed by atoms with Crippen molar-refractivity contribution in [3.8, 4) is 5.75 Å². The Morgan fingerprint density at radius 3 is 2.12 bits per heavy atom. The lowest BCUT2D eigenvalue weighted by molar-refractivity contribution is 0.346. The van der Waals surface area contributed by atoms with Gasteiger partial charge in [0.25, 0.3) is 0 Å². The molecule has 1 nitrogen and oxygen atoms in total. The lowest BCUT2D eigenvalue weighted by atomic mass is 10.1. The summed E-state index contributed by atoms with van der Waals surface area (Å²) in [6.07, 6.45) is 0.980. The van der Waals surface area contributed by atoms with E-state index in [0.29, 0.717) is 0 Å². The number of ether oxygens (including phenoxy) is 1. The number of benzene rings is 2. The van der Waals surface area contributed by atoms with Gasteiger partial charge in [-0.25, -0.2) is 0 Å². The van der Waals surface area contributed by atoms with Crippen LogP contribution in [0.25, 0.3) is 0 Å². The van der Waals surface area contributed by atoms with Gasteiger partial charge in [-0.2, -0.15) is 0 Å². The summed E-state index contributed by atoms with van der Waals surface area (Å²) >= 11 is 2.31. The molecule has 0 aromatic heterocycles. The molecular weight excluding hydrogens is 323 g/mol. The minimum Gasteiger partial charge on any atom is -0.493 e. The Morgan fingerprint density at radius 2 is 1.47 bits per heavy atom. The second-order valence-corrected chi connectivity index (χ2v) is 4.92. The largest absolute Gasteiger partial charge is 0.493 e. The Kier molecular flexibility index (Phi) is 4.86. The number of rotatable bonds is 5. The average molecular weight is 338 g/mol. The minimum atomic E-state index is 0.776. The van der Waals surface area contributed by atoms with Crippen LogP contribution in [0.3, 0.4) is 0 Å². The molecule has 0 aliphatic heterocycles. The summed E-state index contributed by atoms with van der Waals surface area (Å²) in [7, 11) is 0. The molecule has 0 heterocycles. The quantitative estimate of drug-likeness (QED) is 0.589. The summed E-state index contributed by atoms with van der Waals surface area (Å²) in [4.78, 5) is 0. The highest BCUT2D eigenvalue weighted by molar-refractivity contribution is 14.1. The molecule has 0 bridgehead atoms. The zero-order valence-electron chi connectivity index (χ0n) is 9.60. The van der Waals surface area contributed by atoms with Gasteiger partial charge in [0.1, 0.15) is 5.75 Å². The molecular formula is C15H15IO. The summed E-state index contributed by atoms with van der Waals surface area (Å²) in [5, 5.41) is 0. The zero-order valence-corrected chi connectivity index (χ0v) is 11.8. The molecule has 2 aromatic rings. The van der Waals surface area contributed by atoms with Gasteiger partial charge < -0.3 is 4.74 Å². The summed E-state index contributed by atoms with van der Waals surface area (Å²) in [6, 6.07) is 18.9. The lowest BCUT2D eigenvalue weighted by Crippen LogP contribution is -1.97. The number of hydrogen-bond acceptors (Lipinski definition) is 1. The van der Waals surface area contributed by atoms with E-state index in [-0.39, 0.29) is 0 Å². The van der Waals surface area contributed by atoms with Gasteiger partial charge in [0.05, 0.1) is 6.61 Å². The van der Waals surface area contributed by atoms with Gasteiger partial charge in [-0.15, -0.1) is 0 Å². The normalized spacial score (nSPS) is 10.2. The Balaban J connectivity index is 1.98. The van der Waals surface area contributed by atoms with Crippen LogP contribution in [0.2, 0.25) is 0 Å². The van der Waals surface area contributed by atoms with Gasteiger partial charge in [-0.05, 0) is 29.7 Å². The standard InChI is InChI=1S/C15H15IO/c16-10-11-17-15-8-6-14(7-9-15)12-13-4-2-1-3-5-13/h1-9H,10-12H2. The van der Waals surface area contributed by atoms with E-state index in [1.54, 1.807) is 0 Å². The van der Waals surface area contributed by atoms with Crippen molar-refractivity contribution < 1.29 is 4.74 Å². The molecule has 0 saturated carbocycles. The van der Waals surface area contributed by atoms with E-state index >= 15 is 0 Å². The maximum Gasteiger partial charge on any atom is 0.119 e. The van der Waals surface area contributed by atoms with E-state index in [1.807, 2.05) is 18.2 Å². The van der Waals surface area contributed by atoms with Crippen molar-refractivity contribution >= 4 is 22.6 Å². The highest BCUT2D eigenvalue weighted by Crippen LogP contribution is 2.15. The Morgan fingerprint density at radius 1 is 0.824 bits per heavy atom. The monoisotopic (exact) mass is 338 g/mol. The Labute approximate surface area is 116 Å². The van der Waals surface area contributed by atoms with Crippen molar-refractivity contribution in [1.82, 2.24) is 0 Å². The van der Waals surface area contributed by atoms with E-state index < -0.39 is 0 Å². The van der Waals surface area contributed by atoms with Crippen molar-refractivity contribution in [3.05, 3.63) is 65.7 Å². The maximum atomic E-state index is 5.55. The van der Waals surface area contributed by atoms with Gasteiger partial charge in [0.2, 0.25) is 0 Å². The molecule has 2 rings (SSSR count). The van der Waals surface area contributed by atoms with Crippen LogP contribution in [0.4, 0.5) is 0 Å². The smallest absolute Gasteiger partial charge is 0.119 e. The van der Waals surface area contributed by atoms with Gasteiger partial charge in [0, 0.05) is 4.43 Å². The summed E-state index contributed by atoms with van der Waals surface area (Å²) in [6.45, 7) is 0.776. The van der Waals surface area contributed by atoms with E-state index in [0.717, 1.165) is 23.2 Å². The third kappa shape index (κ3) is 4.04. The number of hydrogen-bond donors (Lipinski definition) is 0. The van der Waals surface area contributed by atoms with E-state index in [9.17, 15) is 0 Å². The third-order valence-corrected chi connectivity index (χ3v) is 2.96. The first-order valence-corrected chi connectivity index (χ1v) is 7.22. The fourth-order valence-corrected chi connectivity index (χ4v) is 1.91. The average Bonchev–Trinajstić information content (AvgIpc) is 2.39. The molecule has 0 radical (unpaired) electrons. The highest BCUT2D eigenvalue weighted by atomic mass is 127. The summed E-state index contributed by atoms with van der Waals surface area (Å²) in [5.74, 6) is 0.957. The van der Waals surface area contributed by atoms with E-state index in [2.05, 4.69) is 59.0 Å². The van der Waals surface area contributed by atoms with Gasteiger partial charge in [0.15, 0.2) is 0 Å². The number of halogens is 1. The first kappa shape index (κ1) is 12.4. The molecule has 0 unspecified atom stereocenters. The molecule has 0 N–H and O–H groups in total. The molecule has 2 heteroatoms. The van der Waals surface area contributed by atoms with Crippen LogP contribution in [0.1, 0.15) is 11.1 Å². The predicted octanol–water partition coefficient (Wildman–Crippen LogP) is 4.09. The van der Waals surface area contributed by atoms with Crippen LogP contribution in [0.15, 0.2) is 54.6 Å². The Hall–Kier alpha value is -1.03. The first-order valence-electron chi connectivity index (χ1n) is 5.70. The van der Waals surface area contributed by atoms with Gasteiger partial charge in [-0.1, -0.05) is 65.1 Å². The van der Waals surface area contributed by atoms with Crippen LogP contribution in [0, 0.1) is 0 Å². The topological polar surface area (TPSA) is 9.23 Å². The van der Waals surface area contributed by atoms with E-state index in [1.165, 1.54) is 11.1 Å². The molecule has 0 aliphatic rings. The molecule has 0 fully saturated rings. The second-order valence-electron chi connectivity index (χ2n) is 3.84. The molecule has 0 saturated heterocycles. The highest BCUT2D eigenvalue weighted by Gasteiger charge is 1.97. The SMILES string of the molecule is ICCOc1ccc(Cc2ccccc2)cc1. The minimum absolute atomic E-state index is 0.776. The first-order chi connectivity index (χ1) is 8.38. The molecule has 0 amide bonds. The van der Waals surface area contributed by atoms with E-state index in [4.69, 9.17) is 4.74 Å².